The highest BCUT2D eigenvalue weighted by Gasteiger charge is 2.07. The Labute approximate surface area is 122 Å². The first-order chi connectivity index (χ1) is 10.1. The van der Waals surface area contributed by atoms with Crippen molar-refractivity contribution in [1.29, 1.82) is 5.26 Å². The summed E-state index contributed by atoms with van der Waals surface area (Å²) < 4.78 is 5.75. The Morgan fingerprint density at radius 3 is 2.67 bits per heavy atom. The second-order valence-corrected chi connectivity index (χ2v) is 4.41. The van der Waals surface area contributed by atoms with Crippen molar-refractivity contribution in [3.8, 4) is 17.6 Å². The predicted molar refractivity (Wildman–Crippen MR) is 79.1 cm³/mol. The number of carboxylic acid groups (broad SMARTS) is 1. The third kappa shape index (κ3) is 3.71. The van der Waals surface area contributed by atoms with Gasteiger partial charge in [0.1, 0.15) is 17.6 Å². The maximum atomic E-state index is 10.5. The predicted octanol–water partition coefficient (Wildman–Crippen LogP) is 3.76. The van der Waals surface area contributed by atoms with Crippen molar-refractivity contribution in [3.63, 3.8) is 0 Å². The molecule has 0 spiro atoms. The van der Waals surface area contributed by atoms with Gasteiger partial charge in [0.05, 0.1) is 5.56 Å². The number of hydrogen-bond donors (Lipinski definition) is 1. The van der Waals surface area contributed by atoms with Crippen LogP contribution in [0.15, 0.2) is 48.5 Å². The van der Waals surface area contributed by atoms with E-state index in [-0.39, 0.29) is 0 Å². The van der Waals surface area contributed by atoms with E-state index in [1.54, 1.807) is 18.2 Å². The molecule has 1 N–H and O–H groups in total. The Morgan fingerprint density at radius 2 is 2.00 bits per heavy atom. The molecule has 0 atom stereocenters. The van der Waals surface area contributed by atoms with Gasteiger partial charge in [-0.05, 0) is 42.3 Å². The number of benzene rings is 2. The molecule has 2 aromatic carbocycles. The lowest BCUT2D eigenvalue weighted by Crippen LogP contribution is -1.91. The fourth-order valence-corrected chi connectivity index (χ4v) is 1.78. The van der Waals surface area contributed by atoms with Gasteiger partial charge in [0.25, 0.3) is 0 Å². The molecule has 0 saturated heterocycles. The lowest BCUT2D eigenvalue weighted by molar-refractivity contribution is -0.131. The zero-order valence-electron chi connectivity index (χ0n) is 11.4. The summed E-state index contributed by atoms with van der Waals surface area (Å²) >= 11 is 0. The SMILES string of the molecule is Cc1ccccc1Oc1ccc(/C=C/C(=O)O)cc1C#N. The quantitative estimate of drug-likeness (QED) is 0.865. The summed E-state index contributed by atoms with van der Waals surface area (Å²) in [4.78, 5) is 10.5. The molecule has 0 aromatic heterocycles. The molecule has 0 bridgehead atoms. The Hall–Kier alpha value is -3.06. The minimum Gasteiger partial charge on any atom is -0.478 e. The zero-order chi connectivity index (χ0) is 15.2. The third-order valence-electron chi connectivity index (χ3n) is 2.86. The van der Waals surface area contributed by atoms with E-state index in [2.05, 4.69) is 6.07 Å². The largest absolute Gasteiger partial charge is 0.478 e. The second-order valence-electron chi connectivity index (χ2n) is 4.41. The van der Waals surface area contributed by atoms with Crippen molar-refractivity contribution in [3.05, 3.63) is 65.2 Å². The van der Waals surface area contributed by atoms with Crippen LogP contribution in [0, 0.1) is 18.3 Å². The summed E-state index contributed by atoms with van der Waals surface area (Å²) in [6, 6.07) is 14.5. The number of para-hydroxylation sites is 1. The smallest absolute Gasteiger partial charge is 0.328 e. The van der Waals surface area contributed by atoms with E-state index in [9.17, 15) is 10.1 Å². The molecule has 0 saturated carbocycles. The summed E-state index contributed by atoms with van der Waals surface area (Å²) in [6.07, 6.45) is 2.46. The van der Waals surface area contributed by atoms with Gasteiger partial charge in [-0.1, -0.05) is 24.3 Å². The minimum absolute atomic E-state index is 0.353. The van der Waals surface area contributed by atoms with Gasteiger partial charge in [-0.15, -0.1) is 0 Å². The summed E-state index contributed by atoms with van der Waals surface area (Å²) in [5.41, 5.74) is 1.95. The van der Waals surface area contributed by atoms with Crippen LogP contribution in [0.5, 0.6) is 11.5 Å². The van der Waals surface area contributed by atoms with Crippen LogP contribution in [0.3, 0.4) is 0 Å². The Morgan fingerprint density at radius 1 is 1.24 bits per heavy atom. The topological polar surface area (TPSA) is 70.3 Å². The monoisotopic (exact) mass is 279 g/mol. The standard InChI is InChI=1S/C17H13NO3/c1-12-4-2-3-5-15(12)21-16-8-6-13(7-9-17(19)20)10-14(16)11-18/h2-10H,1H3,(H,19,20)/b9-7+. The Bertz CT molecular complexity index is 742. The molecule has 0 unspecified atom stereocenters. The number of carboxylic acids is 1. The third-order valence-corrected chi connectivity index (χ3v) is 2.86. The van der Waals surface area contributed by atoms with Gasteiger partial charge in [-0.2, -0.15) is 5.26 Å². The fourth-order valence-electron chi connectivity index (χ4n) is 1.78. The van der Waals surface area contributed by atoms with Crippen LogP contribution >= 0.6 is 0 Å². The van der Waals surface area contributed by atoms with Crippen LogP contribution in [-0.2, 0) is 4.79 Å². The maximum Gasteiger partial charge on any atom is 0.328 e. The van der Waals surface area contributed by atoms with E-state index in [1.165, 1.54) is 6.08 Å². The molecule has 0 fully saturated rings. The molecule has 104 valence electrons. The lowest BCUT2D eigenvalue weighted by Gasteiger charge is -2.10. The van der Waals surface area contributed by atoms with Gasteiger partial charge < -0.3 is 9.84 Å². The average molecular weight is 279 g/mol. The Balaban J connectivity index is 2.31. The molecule has 0 aliphatic heterocycles. The van der Waals surface area contributed by atoms with Crippen molar-refractivity contribution in [2.75, 3.05) is 0 Å². The average Bonchev–Trinajstić information content (AvgIpc) is 2.48. The van der Waals surface area contributed by atoms with Gasteiger partial charge >= 0.3 is 5.97 Å². The Kier molecular flexibility index (Phi) is 4.37. The molecule has 0 amide bonds. The van der Waals surface area contributed by atoms with E-state index in [1.807, 2.05) is 31.2 Å². The van der Waals surface area contributed by atoms with Crippen LogP contribution < -0.4 is 4.74 Å². The molecule has 0 aliphatic carbocycles. The minimum atomic E-state index is -1.03. The lowest BCUT2D eigenvalue weighted by atomic mass is 10.1. The highest BCUT2D eigenvalue weighted by atomic mass is 16.5. The molecule has 0 aliphatic rings. The number of aliphatic carboxylic acids is 1. The molecular weight excluding hydrogens is 266 g/mol. The molecule has 0 heterocycles. The fraction of sp³-hybridized carbons (Fsp3) is 0.0588. The van der Waals surface area contributed by atoms with Gasteiger partial charge in [-0.3, -0.25) is 0 Å². The normalized spacial score (nSPS) is 10.3. The van der Waals surface area contributed by atoms with Crippen molar-refractivity contribution < 1.29 is 14.6 Å². The number of aryl methyl sites for hydroxylation is 1. The number of rotatable bonds is 4. The van der Waals surface area contributed by atoms with Crippen LogP contribution in [-0.4, -0.2) is 11.1 Å². The van der Waals surface area contributed by atoms with Gasteiger partial charge in [0.2, 0.25) is 0 Å². The number of hydrogen-bond acceptors (Lipinski definition) is 3. The molecular formula is C17H13NO3. The van der Waals surface area contributed by atoms with E-state index in [4.69, 9.17) is 9.84 Å². The molecule has 0 radical (unpaired) electrons. The van der Waals surface area contributed by atoms with Gasteiger partial charge in [0.15, 0.2) is 0 Å². The van der Waals surface area contributed by atoms with Gasteiger partial charge in [-0.25, -0.2) is 4.79 Å². The van der Waals surface area contributed by atoms with Crippen molar-refractivity contribution in [2.45, 2.75) is 6.92 Å². The van der Waals surface area contributed by atoms with Crippen LogP contribution in [0.2, 0.25) is 0 Å². The summed E-state index contributed by atoms with van der Waals surface area (Å²) in [5.74, 6) is 0.0934. The molecule has 2 aromatic rings. The summed E-state index contributed by atoms with van der Waals surface area (Å²) in [7, 11) is 0. The molecule has 21 heavy (non-hydrogen) atoms. The van der Waals surface area contributed by atoms with E-state index < -0.39 is 5.97 Å². The van der Waals surface area contributed by atoms with Crippen molar-refractivity contribution in [2.24, 2.45) is 0 Å². The molecule has 4 nitrogen and oxygen atoms in total. The number of carbonyl (C=O) groups is 1. The first-order valence-corrected chi connectivity index (χ1v) is 6.29. The zero-order valence-corrected chi connectivity index (χ0v) is 11.4. The van der Waals surface area contributed by atoms with Crippen molar-refractivity contribution in [1.82, 2.24) is 0 Å². The number of ether oxygens (including phenoxy) is 1. The first-order valence-electron chi connectivity index (χ1n) is 6.29. The highest BCUT2D eigenvalue weighted by molar-refractivity contribution is 5.85. The number of nitrogens with zero attached hydrogens (tertiary/aromatic N) is 1. The second kappa shape index (κ2) is 6.40. The van der Waals surface area contributed by atoms with Crippen molar-refractivity contribution >= 4 is 12.0 Å². The maximum absolute atomic E-state index is 10.5. The van der Waals surface area contributed by atoms with Crippen LogP contribution in [0.4, 0.5) is 0 Å². The van der Waals surface area contributed by atoms with E-state index in [0.29, 0.717) is 22.6 Å². The summed E-state index contributed by atoms with van der Waals surface area (Å²) in [6.45, 7) is 1.92. The van der Waals surface area contributed by atoms with Crippen LogP contribution in [0.1, 0.15) is 16.7 Å². The first kappa shape index (κ1) is 14.4. The van der Waals surface area contributed by atoms with Gasteiger partial charge in [0, 0.05) is 6.08 Å². The van der Waals surface area contributed by atoms with E-state index in [0.717, 1.165) is 11.6 Å². The molecule has 4 heteroatoms. The van der Waals surface area contributed by atoms with E-state index >= 15 is 0 Å². The molecule has 2 rings (SSSR count). The highest BCUT2D eigenvalue weighted by Crippen LogP contribution is 2.28. The number of nitriles is 1. The summed E-state index contributed by atoms with van der Waals surface area (Å²) in [5, 5.41) is 17.8. The van der Waals surface area contributed by atoms with Crippen LogP contribution in [0.25, 0.3) is 6.08 Å².